The average Bonchev–Trinajstić information content (AvgIpc) is 2.42. The topological polar surface area (TPSA) is 75.6 Å². The highest BCUT2D eigenvalue weighted by molar-refractivity contribution is 5.83. The quantitative estimate of drug-likeness (QED) is 0.684. The van der Waals surface area contributed by atoms with Gasteiger partial charge in [-0.25, -0.2) is 18.0 Å². The summed E-state index contributed by atoms with van der Waals surface area (Å²) >= 11 is 0. The second-order valence-corrected chi connectivity index (χ2v) is 4.49. The number of carboxylic acids is 1. The Bertz CT molecular complexity index is 511. The molecule has 0 aliphatic carbocycles. The van der Waals surface area contributed by atoms with Gasteiger partial charge < -0.3 is 15.2 Å². The Balaban J connectivity index is 2.29. The molecule has 0 spiro atoms. The maximum absolute atomic E-state index is 12.9. The lowest BCUT2D eigenvalue weighted by Gasteiger charge is -2.14. The van der Waals surface area contributed by atoms with Crippen LogP contribution in [0.3, 0.4) is 0 Å². The molecule has 0 heterocycles. The number of carbonyl (C=O) groups excluding carboxylic acids is 1. The Morgan fingerprint density at radius 2 is 2.05 bits per heavy atom. The number of amides is 1. The number of carboxylic acid groups (broad SMARTS) is 1. The summed E-state index contributed by atoms with van der Waals surface area (Å²) in [5.74, 6) is -2.31. The van der Waals surface area contributed by atoms with Crippen LogP contribution in [0.5, 0.6) is 5.75 Å². The second kappa shape index (κ2) is 8.91. The standard InChI is InChI=1S/C14H16F3NO4/c15-9-3-1-4-10(7-9)22-6-2-5-13(19)18-11(14(20)21)8-12(16)17/h1,3-4,7,11-12H,2,5-6,8H2,(H,18,19)(H,20,21). The fourth-order valence-electron chi connectivity index (χ4n) is 1.65. The van der Waals surface area contributed by atoms with Gasteiger partial charge in [0.1, 0.15) is 17.6 Å². The van der Waals surface area contributed by atoms with Crippen LogP contribution in [0.1, 0.15) is 19.3 Å². The molecule has 8 heteroatoms. The molecule has 0 saturated heterocycles. The first kappa shape index (κ1) is 17.8. The van der Waals surface area contributed by atoms with Crippen molar-refractivity contribution in [2.45, 2.75) is 31.7 Å². The van der Waals surface area contributed by atoms with Gasteiger partial charge >= 0.3 is 5.97 Å². The molecule has 122 valence electrons. The number of rotatable bonds is 9. The summed E-state index contributed by atoms with van der Waals surface area (Å²) in [6.45, 7) is 0.115. The molecule has 1 atom stereocenters. The van der Waals surface area contributed by atoms with Gasteiger partial charge in [0, 0.05) is 18.9 Å². The van der Waals surface area contributed by atoms with Gasteiger partial charge in [0.2, 0.25) is 12.3 Å². The SMILES string of the molecule is O=C(CCCOc1cccc(F)c1)NC(CC(F)F)C(=O)O. The number of aliphatic carboxylic acids is 1. The van der Waals surface area contributed by atoms with Crippen LogP contribution in [0.2, 0.25) is 0 Å². The lowest BCUT2D eigenvalue weighted by atomic mass is 10.2. The summed E-state index contributed by atoms with van der Waals surface area (Å²) in [5, 5.41) is 10.7. The summed E-state index contributed by atoms with van der Waals surface area (Å²) in [5.41, 5.74) is 0. The zero-order chi connectivity index (χ0) is 16.5. The van der Waals surface area contributed by atoms with Gasteiger partial charge in [0.25, 0.3) is 0 Å². The van der Waals surface area contributed by atoms with E-state index in [1.165, 1.54) is 18.2 Å². The average molecular weight is 319 g/mol. The fraction of sp³-hybridized carbons (Fsp3) is 0.429. The van der Waals surface area contributed by atoms with Crippen molar-refractivity contribution in [2.75, 3.05) is 6.61 Å². The molecule has 1 amide bonds. The number of benzene rings is 1. The van der Waals surface area contributed by atoms with Crippen molar-refractivity contribution < 1.29 is 32.6 Å². The van der Waals surface area contributed by atoms with E-state index in [0.29, 0.717) is 5.75 Å². The lowest BCUT2D eigenvalue weighted by Crippen LogP contribution is -2.42. The number of hydrogen-bond donors (Lipinski definition) is 2. The van der Waals surface area contributed by atoms with E-state index in [-0.39, 0.29) is 19.4 Å². The molecule has 0 fully saturated rings. The number of carbonyl (C=O) groups is 2. The molecule has 1 aromatic carbocycles. The van der Waals surface area contributed by atoms with Crippen molar-refractivity contribution in [3.05, 3.63) is 30.1 Å². The van der Waals surface area contributed by atoms with Gasteiger partial charge in [-0.05, 0) is 18.6 Å². The zero-order valence-corrected chi connectivity index (χ0v) is 11.6. The van der Waals surface area contributed by atoms with Crippen molar-refractivity contribution in [3.8, 4) is 5.75 Å². The molecule has 0 aliphatic heterocycles. The van der Waals surface area contributed by atoms with Crippen LogP contribution in [0, 0.1) is 5.82 Å². The maximum Gasteiger partial charge on any atom is 0.326 e. The van der Waals surface area contributed by atoms with Gasteiger partial charge in [0.15, 0.2) is 0 Å². The van der Waals surface area contributed by atoms with Crippen LogP contribution in [-0.2, 0) is 9.59 Å². The molecule has 0 bridgehead atoms. The van der Waals surface area contributed by atoms with Gasteiger partial charge in [-0.15, -0.1) is 0 Å². The second-order valence-electron chi connectivity index (χ2n) is 4.49. The number of ether oxygens (including phenoxy) is 1. The number of hydrogen-bond acceptors (Lipinski definition) is 3. The van der Waals surface area contributed by atoms with Crippen LogP contribution in [0.4, 0.5) is 13.2 Å². The Hall–Kier alpha value is -2.25. The Morgan fingerprint density at radius 1 is 1.32 bits per heavy atom. The smallest absolute Gasteiger partial charge is 0.326 e. The first-order chi connectivity index (χ1) is 10.4. The largest absolute Gasteiger partial charge is 0.493 e. The highest BCUT2D eigenvalue weighted by Crippen LogP contribution is 2.12. The van der Waals surface area contributed by atoms with Gasteiger partial charge in [-0.3, -0.25) is 4.79 Å². The Morgan fingerprint density at radius 3 is 2.64 bits per heavy atom. The van der Waals surface area contributed by atoms with E-state index in [0.717, 1.165) is 0 Å². The predicted octanol–water partition coefficient (Wildman–Crippen LogP) is 2.21. The number of nitrogens with one attached hydrogen (secondary N) is 1. The molecule has 0 radical (unpaired) electrons. The summed E-state index contributed by atoms with van der Waals surface area (Å²) < 4.78 is 42.4. The Kier molecular flexibility index (Phi) is 7.21. The molecule has 2 N–H and O–H groups in total. The fourth-order valence-corrected chi connectivity index (χ4v) is 1.65. The van der Waals surface area contributed by atoms with Gasteiger partial charge in [-0.1, -0.05) is 6.07 Å². The van der Waals surface area contributed by atoms with E-state index in [2.05, 4.69) is 0 Å². The summed E-state index contributed by atoms with van der Waals surface area (Å²) in [6, 6.07) is 3.85. The minimum Gasteiger partial charge on any atom is -0.493 e. The molecule has 5 nitrogen and oxygen atoms in total. The van der Waals surface area contributed by atoms with Crippen LogP contribution < -0.4 is 10.1 Å². The highest BCUT2D eigenvalue weighted by Gasteiger charge is 2.23. The minimum atomic E-state index is -2.82. The van der Waals surface area contributed by atoms with Crippen LogP contribution in [-0.4, -0.2) is 36.1 Å². The molecular weight excluding hydrogens is 303 g/mol. The van der Waals surface area contributed by atoms with Crippen molar-refractivity contribution in [3.63, 3.8) is 0 Å². The van der Waals surface area contributed by atoms with E-state index >= 15 is 0 Å². The van der Waals surface area contributed by atoms with Crippen molar-refractivity contribution in [1.82, 2.24) is 5.32 Å². The third kappa shape index (κ3) is 6.96. The summed E-state index contributed by atoms with van der Waals surface area (Å²) in [6.07, 6.45) is -3.61. The molecule has 1 unspecified atom stereocenters. The van der Waals surface area contributed by atoms with Crippen molar-refractivity contribution in [1.29, 1.82) is 0 Å². The molecule has 1 rings (SSSR count). The third-order valence-corrected chi connectivity index (χ3v) is 2.66. The van der Waals surface area contributed by atoms with Crippen LogP contribution in [0.15, 0.2) is 24.3 Å². The van der Waals surface area contributed by atoms with E-state index in [4.69, 9.17) is 9.84 Å². The summed E-state index contributed by atoms with van der Waals surface area (Å²) in [4.78, 5) is 22.2. The molecule has 0 aromatic heterocycles. The van der Waals surface area contributed by atoms with E-state index in [1.54, 1.807) is 6.07 Å². The first-order valence-corrected chi connectivity index (χ1v) is 6.57. The molecule has 1 aromatic rings. The Labute approximate surface area is 125 Å². The molecule has 0 aliphatic rings. The predicted molar refractivity (Wildman–Crippen MR) is 71.3 cm³/mol. The van der Waals surface area contributed by atoms with E-state index < -0.39 is 36.6 Å². The van der Waals surface area contributed by atoms with Gasteiger partial charge in [0.05, 0.1) is 6.61 Å². The van der Waals surface area contributed by atoms with Crippen molar-refractivity contribution in [2.24, 2.45) is 0 Å². The summed E-state index contributed by atoms with van der Waals surface area (Å²) in [7, 11) is 0. The first-order valence-electron chi connectivity index (χ1n) is 6.57. The molecule has 22 heavy (non-hydrogen) atoms. The van der Waals surface area contributed by atoms with Crippen molar-refractivity contribution >= 4 is 11.9 Å². The number of halogens is 3. The van der Waals surface area contributed by atoms with Crippen LogP contribution in [0.25, 0.3) is 0 Å². The number of alkyl halides is 2. The minimum absolute atomic E-state index is 0.0810. The molecule has 0 saturated carbocycles. The van der Waals surface area contributed by atoms with E-state index in [9.17, 15) is 22.8 Å². The van der Waals surface area contributed by atoms with E-state index in [1.807, 2.05) is 5.32 Å². The van der Waals surface area contributed by atoms with Crippen LogP contribution >= 0.6 is 0 Å². The monoisotopic (exact) mass is 319 g/mol. The maximum atomic E-state index is 12.9. The normalized spacial score (nSPS) is 12.0. The molecular formula is C14H16F3NO4. The zero-order valence-electron chi connectivity index (χ0n) is 11.6. The third-order valence-electron chi connectivity index (χ3n) is 2.66. The van der Waals surface area contributed by atoms with Gasteiger partial charge in [-0.2, -0.15) is 0 Å². The highest BCUT2D eigenvalue weighted by atomic mass is 19.3. The lowest BCUT2D eigenvalue weighted by molar-refractivity contribution is -0.143.